The molecule has 1 fully saturated rings. The van der Waals surface area contributed by atoms with Gasteiger partial charge in [0.25, 0.3) is 0 Å². The molecule has 5 rings (SSSR count). The van der Waals surface area contributed by atoms with Crippen molar-refractivity contribution in [1.82, 2.24) is 21.3 Å². The Hall–Kier alpha value is -5.75. The zero-order chi connectivity index (χ0) is 46.1. The van der Waals surface area contributed by atoms with Crippen LogP contribution in [0.4, 0.5) is 9.59 Å². The molecule has 1 aliphatic carbocycles. The third-order valence-electron chi connectivity index (χ3n) is 10.5. The van der Waals surface area contributed by atoms with E-state index in [0.29, 0.717) is 62.1 Å². The number of carbonyl (C=O) groups excluding carboxylic acids is 4. The van der Waals surface area contributed by atoms with Crippen molar-refractivity contribution in [3.05, 3.63) is 125 Å². The molecule has 12 nitrogen and oxygen atoms in total. The van der Waals surface area contributed by atoms with Crippen LogP contribution in [0.5, 0.6) is 17.2 Å². The summed E-state index contributed by atoms with van der Waals surface area (Å²) in [5.74, 6) is 1.79. The lowest BCUT2D eigenvalue weighted by atomic mass is 9.84. The number of nitrogens with one attached hydrogen (secondary N) is 4. The topological polar surface area (TPSA) is 153 Å². The molecular formula is C51H65ClN4O8. The highest BCUT2D eigenvalue weighted by atomic mass is 35.5. The fourth-order valence-electron chi connectivity index (χ4n) is 7.22. The molecular weight excluding hydrogens is 832 g/mol. The van der Waals surface area contributed by atoms with Crippen LogP contribution in [-0.2, 0) is 44.9 Å². The van der Waals surface area contributed by atoms with Gasteiger partial charge in [0.15, 0.2) is 0 Å². The van der Waals surface area contributed by atoms with Crippen LogP contribution in [0.1, 0.15) is 95.9 Å². The van der Waals surface area contributed by atoms with Gasteiger partial charge in [0, 0.05) is 24.9 Å². The molecule has 0 spiro atoms. The molecule has 4 N–H and O–H groups in total. The number of alkyl carbamates (subject to hydrolysis) is 2. The minimum atomic E-state index is -0.858. The number of carbonyl (C=O) groups is 4. The largest absolute Gasteiger partial charge is 0.489 e. The van der Waals surface area contributed by atoms with Crippen LogP contribution in [0.3, 0.4) is 0 Å². The van der Waals surface area contributed by atoms with Crippen LogP contribution in [0.25, 0.3) is 0 Å². The van der Waals surface area contributed by atoms with Gasteiger partial charge in [0.05, 0.1) is 0 Å². The Labute approximate surface area is 383 Å². The predicted molar refractivity (Wildman–Crippen MR) is 250 cm³/mol. The average molecular weight is 898 g/mol. The Morgan fingerprint density at radius 3 is 1.53 bits per heavy atom. The molecule has 64 heavy (non-hydrogen) atoms. The zero-order valence-electron chi connectivity index (χ0n) is 38.0. The number of rotatable bonds is 19. The van der Waals surface area contributed by atoms with Crippen molar-refractivity contribution in [3.63, 3.8) is 0 Å². The zero-order valence-corrected chi connectivity index (χ0v) is 38.8. The van der Waals surface area contributed by atoms with Crippen molar-refractivity contribution in [2.24, 2.45) is 5.92 Å². The summed E-state index contributed by atoms with van der Waals surface area (Å²) >= 11 is 6.31. The van der Waals surface area contributed by atoms with Crippen LogP contribution in [0.2, 0.25) is 0 Å². The summed E-state index contributed by atoms with van der Waals surface area (Å²) in [7, 11) is 0. The Morgan fingerprint density at radius 2 is 1.03 bits per heavy atom. The monoisotopic (exact) mass is 896 g/mol. The van der Waals surface area contributed by atoms with Gasteiger partial charge in [0.1, 0.15) is 47.1 Å². The van der Waals surface area contributed by atoms with Gasteiger partial charge in [-0.3, -0.25) is 9.59 Å². The second-order valence-corrected chi connectivity index (χ2v) is 19.0. The predicted octanol–water partition coefficient (Wildman–Crippen LogP) is 9.59. The van der Waals surface area contributed by atoms with Gasteiger partial charge in [-0.05, 0) is 151 Å². The minimum absolute atomic E-state index is 0.171. The molecule has 1 aliphatic rings. The maximum absolute atomic E-state index is 13.4. The van der Waals surface area contributed by atoms with Crippen LogP contribution < -0.4 is 30.7 Å². The molecule has 0 heterocycles. The van der Waals surface area contributed by atoms with Crippen LogP contribution in [-0.4, -0.2) is 65.8 Å². The van der Waals surface area contributed by atoms with E-state index in [9.17, 15) is 19.2 Å². The number of amides is 4. The second kappa shape index (κ2) is 23.8. The van der Waals surface area contributed by atoms with E-state index in [1.807, 2.05) is 103 Å². The van der Waals surface area contributed by atoms with Gasteiger partial charge in [-0.15, -0.1) is 11.6 Å². The lowest BCUT2D eigenvalue weighted by molar-refractivity contribution is -0.124. The third-order valence-corrected chi connectivity index (χ3v) is 10.9. The molecule has 2 atom stereocenters. The molecule has 0 saturated heterocycles. The van der Waals surface area contributed by atoms with E-state index in [2.05, 4.69) is 21.3 Å². The van der Waals surface area contributed by atoms with Gasteiger partial charge < -0.3 is 40.2 Å². The summed E-state index contributed by atoms with van der Waals surface area (Å²) in [6.45, 7) is 11.9. The second-order valence-electron chi connectivity index (χ2n) is 18.3. The van der Waals surface area contributed by atoms with Crippen molar-refractivity contribution in [2.75, 3.05) is 13.1 Å². The standard InChI is InChI=1S/C51H65ClN4O8/c1-50(2,3)63-48(59)55-44(32-37-12-20-40(52)21-13-37)46(57)53-30-28-35-14-24-42(25-15-35)62-43-26-16-36(17-27-43)29-31-54-47(58)45(56-49(60)64-51(4,5)6)33-38-18-22-41(23-19-38)61-34-39-10-8-7-9-11-39/h7-11,14-19,22-27,37,40,44-45H,12-13,20-21,28-34H2,1-6H3,(H,53,57)(H,54,58)(H,55,59)(H,56,60)/t37?,40?,44?,45-/m0/s1. The van der Waals surface area contributed by atoms with Crippen molar-refractivity contribution in [2.45, 2.75) is 128 Å². The summed E-state index contributed by atoms with van der Waals surface area (Å²) in [4.78, 5) is 52.1. The molecule has 1 saturated carbocycles. The van der Waals surface area contributed by atoms with Crippen LogP contribution >= 0.6 is 11.6 Å². The fraction of sp³-hybridized carbons (Fsp3) is 0.451. The van der Waals surface area contributed by atoms with E-state index in [1.165, 1.54) is 0 Å². The smallest absolute Gasteiger partial charge is 0.408 e. The number of benzene rings is 4. The van der Waals surface area contributed by atoms with Crippen molar-refractivity contribution < 1.29 is 38.1 Å². The first-order valence-corrected chi connectivity index (χ1v) is 22.7. The van der Waals surface area contributed by atoms with Gasteiger partial charge in [0.2, 0.25) is 11.8 Å². The Kier molecular flexibility index (Phi) is 18.3. The van der Waals surface area contributed by atoms with E-state index in [4.69, 9.17) is 30.5 Å². The van der Waals surface area contributed by atoms with Gasteiger partial charge in [-0.1, -0.05) is 66.7 Å². The summed E-state index contributed by atoms with van der Waals surface area (Å²) in [5, 5.41) is 11.7. The lowest BCUT2D eigenvalue weighted by Gasteiger charge is -2.29. The van der Waals surface area contributed by atoms with E-state index in [-0.39, 0.29) is 23.6 Å². The number of hydrogen-bond acceptors (Lipinski definition) is 8. The number of halogens is 1. The molecule has 13 heteroatoms. The molecule has 0 bridgehead atoms. The molecule has 4 amide bonds. The van der Waals surface area contributed by atoms with E-state index < -0.39 is 35.5 Å². The first kappa shape index (κ1) is 49.3. The highest BCUT2D eigenvalue weighted by molar-refractivity contribution is 6.20. The summed E-state index contributed by atoms with van der Waals surface area (Å²) < 4.78 is 22.9. The maximum atomic E-state index is 13.4. The number of ether oxygens (including phenoxy) is 4. The molecule has 344 valence electrons. The minimum Gasteiger partial charge on any atom is -0.489 e. The number of alkyl halides is 1. The van der Waals surface area contributed by atoms with Gasteiger partial charge in [-0.2, -0.15) is 0 Å². The molecule has 4 aromatic rings. The quantitative estimate of drug-likeness (QED) is 0.0680. The Bertz CT molecular complexity index is 2080. The molecule has 4 aromatic carbocycles. The summed E-state index contributed by atoms with van der Waals surface area (Å²) in [6.07, 6.45) is 4.37. The van der Waals surface area contributed by atoms with Crippen molar-refractivity contribution >= 4 is 35.6 Å². The fourth-order valence-corrected chi connectivity index (χ4v) is 7.47. The molecule has 0 aliphatic heterocycles. The van der Waals surface area contributed by atoms with Crippen molar-refractivity contribution in [1.29, 1.82) is 0 Å². The van der Waals surface area contributed by atoms with Crippen LogP contribution in [0.15, 0.2) is 103 Å². The number of hydrogen-bond donors (Lipinski definition) is 4. The summed E-state index contributed by atoms with van der Waals surface area (Å²) in [5.41, 5.74) is 2.55. The molecule has 0 aromatic heterocycles. The highest BCUT2D eigenvalue weighted by Gasteiger charge is 2.29. The summed E-state index contributed by atoms with van der Waals surface area (Å²) in [6, 6.07) is 31.2. The SMILES string of the molecule is CC(C)(C)OC(=O)NC(CC1CCC(Cl)CC1)C(=O)NCCc1ccc(Oc2ccc(CCNC(=O)[C@H](Cc3ccc(OCc4ccccc4)cc3)NC(=O)OC(C)(C)C)cc2)cc1. The van der Waals surface area contributed by atoms with Gasteiger partial charge in [-0.25, -0.2) is 9.59 Å². The maximum Gasteiger partial charge on any atom is 0.408 e. The van der Waals surface area contributed by atoms with Crippen molar-refractivity contribution in [3.8, 4) is 17.2 Å². The van der Waals surface area contributed by atoms with Crippen LogP contribution in [0, 0.1) is 5.92 Å². The lowest BCUT2D eigenvalue weighted by Crippen LogP contribution is -2.49. The molecule has 1 unspecified atom stereocenters. The molecule has 0 radical (unpaired) electrons. The average Bonchev–Trinajstić information content (AvgIpc) is 3.24. The highest BCUT2D eigenvalue weighted by Crippen LogP contribution is 2.31. The van der Waals surface area contributed by atoms with E-state index in [1.54, 1.807) is 41.5 Å². The first-order valence-electron chi connectivity index (χ1n) is 22.3. The third kappa shape index (κ3) is 18.2. The first-order chi connectivity index (χ1) is 30.5. The van der Waals surface area contributed by atoms with Gasteiger partial charge >= 0.3 is 12.2 Å². The Morgan fingerprint density at radius 1 is 0.578 bits per heavy atom. The Balaban J connectivity index is 1.07. The van der Waals surface area contributed by atoms with E-state index >= 15 is 0 Å². The normalized spacial score (nSPS) is 16.0. The van der Waals surface area contributed by atoms with E-state index in [0.717, 1.165) is 47.9 Å².